The van der Waals surface area contributed by atoms with Gasteiger partial charge in [-0.25, -0.2) is 9.59 Å². The number of piperazine rings is 1. The van der Waals surface area contributed by atoms with Crippen LogP contribution in [-0.4, -0.2) is 124 Å². The Morgan fingerprint density at radius 1 is 0.964 bits per heavy atom. The molecule has 2 N–H and O–H groups in total. The number of imidazole rings is 1. The van der Waals surface area contributed by atoms with Gasteiger partial charge in [0.25, 0.3) is 5.91 Å². The molecule has 2 bridgehead atoms. The average molecular weight is 783 g/mol. The van der Waals surface area contributed by atoms with Crippen molar-refractivity contribution < 1.29 is 27.5 Å². The first kappa shape index (κ1) is 37.6. The smallest absolute Gasteiger partial charge is 0.418 e. The molecular weight excluding hydrogens is 737 g/mol. The second-order valence-corrected chi connectivity index (χ2v) is 15.8. The molecule has 0 spiro atoms. The van der Waals surface area contributed by atoms with Crippen LogP contribution in [0, 0.1) is 0 Å². The van der Waals surface area contributed by atoms with Crippen LogP contribution in [0.15, 0.2) is 47.4 Å². The van der Waals surface area contributed by atoms with E-state index in [1.54, 1.807) is 15.7 Å². The molecule has 6 heterocycles. The van der Waals surface area contributed by atoms with Crippen LogP contribution in [0.25, 0.3) is 21.9 Å². The summed E-state index contributed by atoms with van der Waals surface area (Å²) >= 11 is 6.32. The Hall–Kier alpha value is -4.34. The lowest BCUT2D eigenvalue weighted by molar-refractivity contribution is -0.143. The molecule has 4 aromatic rings. The third kappa shape index (κ3) is 7.26. The number of aromatic nitrogens is 3. The van der Waals surface area contributed by atoms with Crippen molar-refractivity contribution in [1.29, 1.82) is 0 Å². The number of hydrogen-bond donors (Lipinski definition) is 2. The number of fused-ring (bicyclic) bond motifs is 5. The summed E-state index contributed by atoms with van der Waals surface area (Å²) in [5, 5.41) is 3.21. The number of benzene rings is 2. The van der Waals surface area contributed by atoms with Gasteiger partial charge in [0.1, 0.15) is 0 Å². The number of hydrogen-bond acceptors (Lipinski definition) is 8. The summed E-state index contributed by atoms with van der Waals surface area (Å²) in [6.07, 6.45) is 0.124. The molecule has 4 fully saturated rings. The van der Waals surface area contributed by atoms with Crippen molar-refractivity contribution in [2.45, 2.75) is 81.4 Å². The number of ether oxygens (including phenoxy) is 1. The minimum atomic E-state index is -4.71. The zero-order valence-corrected chi connectivity index (χ0v) is 31.7. The van der Waals surface area contributed by atoms with E-state index in [0.29, 0.717) is 68.2 Å². The molecule has 8 rings (SSSR count). The van der Waals surface area contributed by atoms with Gasteiger partial charge in [0.05, 0.1) is 39.0 Å². The predicted octanol–water partition coefficient (Wildman–Crippen LogP) is 5.75. The number of pyridine rings is 1. The van der Waals surface area contributed by atoms with Crippen molar-refractivity contribution in [2.24, 2.45) is 0 Å². The van der Waals surface area contributed by atoms with Crippen molar-refractivity contribution in [1.82, 2.24) is 34.1 Å². The van der Waals surface area contributed by atoms with Crippen molar-refractivity contribution in [3.8, 4) is 0 Å². The third-order valence-electron chi connectivity index (χ3n) is 12.4. The van der Waals surface area contributed by atoms with Crippen molar-refractivity contribution in [3.63, 3.8) is 0 Å². The topological polar surface area (TPSA) is 119 Å². The number of H-pyrrole nitrogens is 1. The maximum Gasteiger partial charge on any atom is 0.418 e. The lowest BCUT2D eigenvalue weighted by Crippen LogP contribution is -2.57. The van der Waals surface area contributed by atoms with Gasteiger partial charge in [-0.3, -0.25) is 19.2 Å². The molecule has 16 heteroatoms. The van der Waals surface area contributed by atoms with Crippen molar-refractivity contribution in [2.75, 3.05) is 58.7 Å². The number of amides is 2. The maximum atomic E-state index is 14.2. The van der Waals surface area contributed by atoms with E-state index in [1.807, 2.05) is 24.3 Å². The summed E-state index contributed by atoms with van der Waals surface area (Å²) in [4.78, 5) is 56.8. The second kappa shape index (κ2) is 15.0. The molecule has 3 atom stereocenters. The van der Waals surface area contributed by atoms with Crippen molar-refractivity contribution in [3.05, 3.63) is 69.2 Å². The molecule has 0 aliphatic carbocycles. The number of halogens is 4. The normalized spacial score (nSPS) is 23.4. The number of anilines is 1. The van der Waals surface area contributed by atoms with Crippen molar-refractivity contribution >= 4 is 51.2 Å². The highest BCUT2D eigenvalue weighted by molar-refractivity contribution is 6.33. The van der Waals surface area contributed by atoms with Crippen LogP contribution in [0.5, 0.6) is 0 Å². The number of nitrogens with one attached hydrogen (secondary N) is 2. The summed E-state index contributed by atoms with van der Waals surface area (Å²) in [5.74, 6) is -0.446. The molecule has 0 saturated carbocycles. The van der Waals surface area contributed by atoms with E-state index in [-0.39, 0.29) is 47.5 Å². The molecule has 294 valence electrons. The van der Waals surface area contributed by atoms with Gasteiger partial charge in [-0.05, 0) is 69.3 Å². The van der Waals surface area contributed by atoms with Gasteiger partial charge in [-0.2, -0.15) is 13.2 Å². The Labute approximate surface area is 321 Å². The van der Waals surface area contributed by atoms with Crippen LogP contribution in [0.1, 0.15) is 55.7 Å². The highest BCUT2D eigenvalue weighted by Gasteiger charge is 2.42. The lowest BCUT2D eigenvalue weighted by atomic mass is 9.96. The third-order valence-corrected chi connectivity index (χ3v) is 12.7. The van der Waals surface area contributed by atoms with E-state index in [9.17, 15) is 27.6 Å². The first-order valence-electron chi connectivity index (χ1n) is 19.1. The number of carbonyl (C=O) groups is 2. The summed E-state index contributed by atoms with van der Waals surface area (Å²) in [6.45, 7) is 2.71. The monoisotopic (exact) mass is 782 g/mol. The average Bonchev–Trinajstić information content (AvgIpc) is 3.60. The summed E-state index contributed by atoms with van der Waals surface area (Å²) < 4.78 is 50.0. The summed E-state index contributed by atoms with van der Waals surface area (Å²) in [6, 6.07) is 11.3. The largest absolute Gasteiger partial charge is 0.436 e. The van der Waals surface area contributed by atoms with Gasteiger partial charge >= 0.3 is 18.0 Å². The number of rotatable bonds is 7. The minimum Gasteiger partial charge on any atom is -0.436 e. The minimum absolute atomic E-state index is 0.126. The molecule has 0 radical (unpaired) electrons. The van der Waals surface area contributed by atoms with Gasteiger partial charge < -0.3 is 29.7 Å². The number of carbonyl (C=O) groups excluding carboxylic acids is 2. The van der Waals surface area contributed by atoms with E-state index in [2.05, 4.69) is 32.1 Å². The van der Waals surface area contributed by atoms with Crippen LogP contribution in [0.2, 0.25) is 5.02 Å². The number of piperidine rings is 2. The summed E-state index contributed by atoms with van der Waals surface area (Å²) in [5.41, 5.74) is 0.789. The highest BCUT2D eigenvalue weighted by atomic mass is 35.5. The first-order chi connectivity index (χ1) is 26.4. The number of alkyl halides is 3. The predicted molar refractivity (Wildman–Crippen MR) is 203 cm³/mol. The van der Waals surface area contributed by atoms with E-state index in [1.165, 1.54) is 30.9 Å². The molecular formula is C39H46ClF3N8O4. The van der Waals surface area contributed by atoms with Gasteiger partial charge in [0.2, 0.25) is 0 Å². The number of likely N-dealkylation sites (tertiary alicyclic amines) is 1. The highest BCUT2D eigenvalue weighted by Crippen LogP contribution is 2.40. The van der Waals surface area contributed by atoms with E-state index >= 15 is 0 Å². The molecule has 4 aliphatic rings. The Morgan fingerprint density at radius 3 is 2.33 bits per heavy atom. The molecule has 2 aromatic carbocycles. The molecule has 2 unspecified atom stereocenters. The zero-order valence-electron chi connectivity index (χ0n) is 30.9. The Kier molecular flexibility index (Phi) is 10.2. The van der Waals surface area contributed by atoms with Gasteiger partial charge in [-0.1, -0.05) is 29.8 Å². The Balaban J connectivity index is 0.977. The molecule has 4 aliphatic heterocycles. The molecule has 2 amide bonds. The molecule has 4 saturated heterocycles. The molecule has 2 aromatic heterocycles. The number of nitrogens with zero attached hydrogens (tertiary/aromatic N) is 6. The lowest BCUT2D eigenvalue weighted by Gasteiger charge is -2.45. The summed E-state index contributed by atoms with van der Waals surface area (Å²) in [7, 11) is 3.57. The van der Waals surface area contributed by atoms with E-state index in [0.717, 1.165) is 29.8 Å². The fourth-order valence-corrected chi connectivity index (χ4v) is 9.77. The SMILES string of the molecule is CNc1c(Cl)cc(C[C@@H](OC(=O)N2CCC(n3c(=O)[nH]c4c5ccccc5ncc43)CC2)C(=O)N2CCN(C3CC4CCC(C3)N4C)CC2)cc1C(F)(F)F. The fraction of sp³-hybridized carbons (Fsp3) is 0.538. The van der Waals surface area contributed by atoms with Gasteiger partial charge in [0, 0.05) is 82.3 Å². The Morgan fingerprint density at radius 2 is 1.65 bits per heavy atom. The van der Waals surface area contributed by atoms with Crippen LogP contribution >= 0.6 is 11.6 Å². The first-order valence-corrected chi connectivity index (χ1v) is 19.5. The standard InChI is InChI=1S/C39H46ClF3N8O4/c1-44-35-29(39(41,42)43)17-23(18-30(35)40)19-33(36(52)49-15-13-48(14-16-49)27-20-25-7-8-26(21-27)47(25)2)55-38(54)50-11-9-24(10-12-50)51-32-22-45-31-6-4-3-5-28(31)34(32)46-37(51)53/h3-6,17-18,22,24-27,33,44H,7-16,19-21H2,1-2H3,(H,46,53)/t25?,26?,27?,33-/m1/s1. The van der Waals surface area contributed by atoms with Gasteiger partial charge in [-0.15, -0.1) is 0 Å². The zero-order chi connectivity index (χ0) is 38.6. The maximum absolute atomic E-state index is 14.2. The van der Waals surface area contributed by atoms with Crippen LogP contribution < -0.4 is 11.0 Å². The quantitative estimate of drug-likeness (QED) is 0.244. The number of aromatic amines is 1. The van der Waals surface area contributed by atoms with Crippen LogP contribution in [0.4, 0.5) is 23.7 Å². The van der Waals surface area contributed by atoms with Crippen LogP contribution in [-0.2, 0) is 22.1 Å². The van der Waals surface area contributed by atoms with E-state index < -0.39 is 29.8 Å². The number of para-hydroxylation sites is 1. The molecule has 12 nitrogen and oxygen atoms in total. The molecule has 55 heavy (non-hydrogen) atoms. The second-order valence-electron chi connectivity index (χ2n) is 15.4. The van der Waals surface area contributed by atoms with Crippen LogP contribution in [0.3, 0.4) is 0 Å². The Bertz CT molecular complexity index is 2130. The van der Waals surface area contributed by atoms with Gasteiger partial charge in [0.15, 0.2) is 6.10 Å². The van der Waals surface area contributed by atoms with E-state index in [4.69, 9.17) is 16.3 Å². The fourth-order valence-electron chi connectivity index (χ4n) is 9.43.